The summed E-state index contributed by atoms with van der Waals surface area (Å²) in [4.78, 5) is 36.7. The Kier molecular flexibility index (Phi) is 7.63. The quantitative estimate of drug-likeness (QED) is 0.516. The van der Waals surface area contributed by atoms with Crippen LogP contribution in [0.1, 0.15) is 49.1 Å². The molecule has 0 aliphatic heterocycles. The van der Waals surface area contributed by atoms with Gasteiger partial charge in [-0.25, -0.2) is 18.4 Å². The van der Waals surface area contributed by atoms with Crippen LogP contribution in [-0.2, 0) is 14.3 Å². The van der Waals surface area contributed by atoms with Gasteiger partial charge in [0.05, 0.1) is 5.92 Å². The van der Waals surface area contributed by atoms with Crippen LogP contribution in [0, 0.1) is 5.92 Å². The molecule has 0 bridgehead atoms. The Morgan fingerprint density at radius 2 is 1.57 bits per heavy atom. The van der Waals surface area contributed by atoms with Gasteiger partial charge < -0.3 is 20.5 Å². The number of carbonyl (C=O) groups excluding carboxylic acids is 2. The van der Waals surface area contributed by atoms with Crippen LogP contribution in [-0.4, -0.2) is 48.2 Å². The largest absolute Gasteiger partial charge is 0.480 e. The van der Waals surface area contributed by atoms with E-state index in [1.54, 1.807) is 0 Å². The molecule has 0 aromatic heterocycles. The van der Waals surface area contributed by atoms with Crippen molar-refractivity contribution in [2.45, 2.75) is 56.5 Å². The second-order valence-corrected chi connectivity index (χ2v) is 8.99. The number of alkyl carbamates (subject to hydrolysis) is 1. The van der Waals surface area contributed by atoms with Crippen molar-refractivity contribution in [1.82, 2.24) is 10.6 Å². The zero-order valence-electron chi connectivity index (χ0n) is 19.1. The van der Waals surface area contributed by atoms with E-state index in [9.17, 15) is 23.2 Å². The number of hydrogen-bond acceptors (Lipinski definition) is 4. The smallest absolute Gasteiger partial charge is 0.407 e. The number of carboxylic acid groups (broad SMARTS) is 1. The van der Waals surface area contributed by atoms with Gasteiger partial charge in [0, 0.05) is 18.4 Å². The van der Waals surface area contributed by atoms with Crippen LogP contribution in [0.3, 0.4) is 0 Å². The van der Waals surface area contributed by atoms with Gasteiger partial charge in [0.1, 0.15) is 12.6 Å². The zero-order chi connectivity index (χ0) is 24.9. The fourth-order valence-corrected chi connectivity index (χ4v) is 5.09. The van der Waals surface area contributed by atoms with Gasteiger partial charge in [0.2, 0.25) is 12.3 Å². The first kappa shape index (κ1) is 24.6. The molecule has 9 heteroatoms. The monoisotopic (exact) mass is 486 g/mol. The van der Waals surface area contributed by atoms with E-state index in [4.69, 9.17) is 9.84 Å². The van der Waals surface area contributed by atoms with Crippen molar-refractivity contribution in [1.29, 1.82) is 0 Å². The van der Waals surface area contributed by atoms with Gasteiger partial charge in [0.25, 0.3) is 0 Å². The standard InChI is InChI=1S/C26H28F2N2O5/c27-23(28)13-22(25(32)33)29-24(31)19-11-5-6-12-21(19)30-26(34)35-14-20-17-9-3-1-7-15(17)16-8-2-4-10-18(16)20/h1-4,7-10,19-23H,5-6,11-14H2,(H,29,31)(H,30,34)(H,32,33)/t19-,21+,22?/m1/s1. The Labute approximate surface area is 201 Å². The van der Waals surface area contributed by atoms with Crippen molar-refractivity contribution in [3.63, 3.8) is 0 Å². The Bertz CT molecular complexity index is 1050. The summed E-state index contributed by atoms with van der Waals surface area (Å²) in [5.41, 5.74) is 4.38. The molecule has 2 aliphatic carbocycles. The number of alkyl halides is 2. The maximum atomic E-state index is 12.7. The highest BCUT2D eigenvalue weighted by molar-refractivity contribution is 5.86. The van der Waals surface area contributed by atoms with E-state index in [0.29, 0.717) is 19.3 Å². The summed E-state index contributed by atoms with van der Waals surface area (Å²) in [5.74, 6) is -3.00. The van der Waals surface area contributed by atoms with Gasteiger partial charge in [-0.2, -0.15) is 0 Å². The highest BCUT2D eigenvalue weighted by atomic mass is 19.3. The molecular formula is C26H28F2N2O5. The number of rotatable bonds is 8. The lowest BCUT2D eigenvalue weighted by atomic mass is 9.83. The molecule has 1 unspecified atom stereocenters. The molecule has 35 heavy (non-hydrogen) atoms. The molecule has 4 rings (SSSR count). The van der Waals surface area contributed by atoms with E-state index in [0.717, 1.165) is 28.7 Å². The van der Waals surface area contributed by atoms with Crippen LogP contribution < -0.4 is 10.6 Å². The van der Waals surface area contributed by atoms with Crippen LogP contribution in [0.4, 0.5) is 13.6 Å². The second kappa shape index (κ2) is 10.8. The molecule has 3 atom stereocenters. The third kappa shape index (κ3) is 5.61. The number of fused-ring (bicyclic) bond motifs is 3. The predicted molar refractivity (Wildman–Crippen MR) is 124 cm³/mol. The summed E-state index contributed by atoms with van der Waals surface area (Å²) in [6.07, 6.45) is -2.09. The second-order valence-electron chi connectivity index (χ2n) is 8.99. The van der Waals surface area contributed by atoms with Gasteiger partial charge in [0.15, 0.2) is 0 Å². The fraction of sp³-hybridized carbons (Fsp3) is 0.423. The van der Waals surface area contributed by atoms with E-state index in [-0.39, 0.29) is 12.5 Å². The number of hydrogen-bond donors (Lipinski definition) is 3. The topological polar surface area (TPSA) is 105 Å². The molecule has 0 saturated heterocycles. The molecule has 7 nitrogen and oxygen atoms in total. The first-order chi connectivity index (χ1) is 16.8. The van der Waals surface area contributed by atoms with Crippen molar-refractivity contribution >= 4 is 18.0 Å². The number of nitrogens with one attached hydrogen (secondary N) is 2. The minimum absolute atomic E-state index is 0.107. The number of amides is 2. The van der Waals surface area contributed by atoms with Gasteiger partial charge >= 0.3 is 12.1 Å². The molecule has 1 saturated carbocycles. The van der Waals surface area contributed by atoms with E-state index >= 15 is 0 Å². The van der Waals surface area contributed by atoms with E-state index < -0.39 is 48.8 Å². The number of halogens is 2. The van der Waals surface area contributed by atoms with E-state index in [1.165, 1.54) is 0 Å². The first-order valence-electron chi connectivity index (χ1n) is 11.8. The van der Waals surface area contributed by atoms with Gasteiger partial charge in [-0.05, 0) is 35.1 Å². The number of benzene rings is 2. The molecule has 2 aromatic rings. The minimum atomic E-state index is -2.86. The van der Waals surface area contributed by atoms with Crippen molar-refractivity contribution in [2.75, 3.05) is 6.61 Å². The lowest BCUT2D eigenvalue weighted by Crippen LogP contribution is -2.52. The molecule has 3 N–H and O–H groups in total. The van der Waals surface area contributed by atoms with Gasteiger partial charge in [-0.3, -0.25) is 4.79 Å². The first-order valence-corrected chi connectivity index (χ1v) is 11.8. The number of ether oxygens (including phenoxy) is 1. The minimum Gasteiger partial charge on any atom is -0.480 e. The predicted octanol–water partition coefficient (Wildman–Crippen LogP) is 4.31. The SMILES string of the molecule is O=C(N[C@H]1CCCC[C@H]1C(=O)NC(CC(F)F)C(=O)O)OCC1c2ccccc2-c2ccccc21. The van der Waals surface area contributed by atoms with E-state index in [2.05, 4.69) is 10.6 Å². The zero-order valence-corrected chi connectivity index (χ0v) is 19.1. The van der Waals surface area contributed by atoms with Gasteiger partial charge in [-0.15, -0.1) is 0 Å². The summed E-state index contributed by atoms with van der Waals surface area (Å²) in [7, 11) is 0. The average molecular weight is 487 g/mol. The molecular weight excluding hydrogens is 458 g/mol. The molecule has 0 spiro atoms. The summed E-state index contributed by atoms with van der Waals surface area (Å²) < 4.78 is 31.0. The Balaban J connectivity index is 1.38. The molecule has 2 aliphatic rings. The highest BCUT2D eigenvalue weighted by Gasteiger charge is 2.35. The Hall–Kier alpha value is -3.49. The molecule has 0 heterocycles. The van der Waals surface area contributed by atoms with Crippen LogP contribution >= 0.6 is 0 Å². The summed E-state index contributed by atoms with van der Waals surface area (Å²) >= 11 is 0. The average Bonchev–Trinajstić information content (AvgIpc) is 3.16. The Morgan fingerprint density at radius 1 is 0.971 bits per heavy atom. The molecule has 1 fully saturated rings. The summed E-state index contributed by atoms with van der Waals surface area (Å²) in [5, 5.41) is 14.1. The normalized spacial score (nSPS) is 20.0. The van der Waals surface area contributed by atoms with Crippen molar-refractivity contribution in [3.8, 4) is 11.1 Å². The summed E-state index contributed by atoms with van der Waals surface area (Å²) in [6.45, 7) is 0.124. The number of carboxylic acids is 1. The highest BCUT2D eigenvalue weighted by Crippen LogP contribution is 2.44. The van der Waals surface area contributed by atoms with Crippen molar-refractivity contribution < 1.29 is 33.0 Å². The molecule has 2 aromatic carbocycles. The third-order valence-electron chi connectivity index (χ3n) is 6.78. The maximum absolute atomic E-state index is 12.7. The Morgan fingerprint density at radius 3 is 2.17 bits per heavy atom. The summed E-state index contributed by atoms with van der Waals surface area (Å²) in [6, 6.07) is 13.7. The number of aliphatic carboxylic acids is 1. The van der Waals surface area contributed by atoms with E-state index in [1.807, 2.05) is 48.5 Å². The molecule has 186 valence electrons. The van der Waals surface area contributed by atoms with Crippen molar-refractivity contribution in [3.05, 3.63) is 59.7 Å². The van der Waals surface area contributed by atoms with Gasteiger partial charge in [-0.1, -0.05) is 61.4 Å². The maximum Gasteiger partial charge on any atom is 0.407 e. The third-order valence-corrected chi connectivity index (χ3v) is 6.78. The lowest BCUT2D eigenvalue weighted by molar-refractivity contribution is -0.144. The van der Waals surface area contributed by atoms with Crippen LogP contribution in [0.25, 0.3) is 11.1 Å². The molecule has 0 radical (unpaired) electrons. The lowest BCUT2D eigenvalue weighted by Gasteiger charge is -2.31. The van der Waals surface area contributed by atoms with Crippen LogP contribution in [0.5, 0.6) is 0 Å². The van der Waals surface area contributed by atoms with Crippen LogP contribution in [0.15, 0.2) is 48.5 Å². The molecule has 2 amide bonds. The van der Waals surface area contributed by atoms with Crippen LogP contribution in [0.2, 0.25) is 0 Å². The number of carbonyl (C=O) groups is 3. The van der Waals surface area contributed by atoms with Crippen molar-refractivity contribution in [2.24, 2.45) is 5.92 Å². The fourth-order valence-electron chi connectivity index (χ4n) is 5.09.